The van der Waals surface area contributed by atoms with Crippen LogP contribution in [-0.2, 0) is 10.0 Å². The highest BCUT2D eigenvalue weighted by Crippen LogP contribution is 2.33. The Morgan fingerprint density at radius 1 is 1.15 bits per heavy atom. The SMILES string of the molecule is CNS(=O)(=O)c1ccc(N)c(Sc2ccc(F)cc2)c1. The minimum atomic E-state index is -3.52. The molecule has 4 nitrogen and oxygen atoms in total. The molecular formula is C13H13FN2O2S2. The second-order valence-corrected chi connectivity index (χ2v) is 6.97. The van der Waals surface area contributed by atoms with E-state index in [4.69, 9.17) is 5.73 Å². The molecule has 2 aromatic carbocycles. The number of rotatable bonds is 4. The molecule has 0 aromatic heterocycles. The number of benzene rings is 2. The summed E-state index contributed by atoms with van der Waals surface area (Å²) in [5, 5.41) is 0. The number of anilines is 1. The quantitative estimate of drug-likeness (QED) is 0.851. The van der Waals surface area contributed by atoms with Gasteiger partial charge in [-0.1, -0.05) is 11.8 Å². The minimum absolute atomic E-state index is 0.138. The first-order valence-electron chi connectivity index (χ1n) is 5.69. The molecule has 0 saturated heterocycles. The molecule has 2 aromatic rings. The molecule has 3 N–H and O–H groups in total. The molecule has 0 amide bonds. The lowest BCUT2D eigenvalue weighted by molar-refractivity contribution is 0.588. The Morgan fingerprint density at radius 3 is 2.40 bits per heavy atom. The Morgan fingerprint density at radius 2 is 1.80 bits per heavy atom. The van der Waals surface area contributed by atoms with Crippen LogP contribution in [0, 0.1) is 5.82 Å². The van der Waals surface area contributed by atoms with E-state index in [-0.39, 0.29) is 10.7 Å². The van der Waals surface area contributed by atoms with E-state index in [9.17, 15) is 12.8 Å². The van der Waals surface area contributed by atoms with Crippen LogP contribution in [0.1, 0.15) is 0 Å². The highest BCUT2D eigenvalue weighted by atomic mass is 32.2. The number of sulfonamides is 1. The summed E-state index contributed by atoms with van der Waals surface area (Å²) in [6.07, 6.45) is 0. The zero-order valence-electron chi connectivity index (χ0n) is 10.6. The van der Waals surface area contributed by atoms with E-state index < -0.39 is 10.0 Å². The number of halogens is 1. The lowest BCUT2D eigenvalue weighted by Gasteiger charge is -2.08. The van der Waals surface area contributed by atoms with Crippen LogP contribution in [0.15, 0.2) is 57.2 Å². The fourth-order valence-corrected chi connectivity index (χ4v) is 3.25. The van der Waals surface area contributed by atoms with Crippen molar-refractivity contribution in [3.8, 4) is 0 Å². The van der Waals surface area contributed by atoms with E-state index in [0.29, 0.717) is 10.6 Å². The molecule has 0 unspecified atom stereocenters. The summed E-state index contributed by atoms with van der Waals surface area (Å²) in [4.78, 5) is 1.52. The number of hydrogen-bond donors (Lipinski definition) is 2. The highest BCUT2D eigenvalue weighted by molar-refractivity contribution is 7.99. The van der Waals surface area contributed by atoms with Gasteiger partial charge in [-0.25, -0.2) is 17.5 Å². The maximum atomic E-state index is 12.8. The van der Waals surface area contributed by atoms with Gasteiger partial charge in [0.1, 0.15) is 5.82 Å². The Labute approximate surface area is 121 Å². The maximum absolute atomic E-state index is 12.8. The molecule has 0 atom stereocenters. The maximum Gasteiger partial charge on any atom is 0.240 e. The van der Waals surface area contributed by atoms with Crippen LogP contribution in [0.4, 0.5) is 10.1 Å². The van der Waals surface area contributed by atoms with E-state index in [0.717, 1.165) is 4.90 Å². The third-order valence-corrected chi connectivity index (χ3v) is 5.10. The molecule has 0 spiro atoms. The number of nitrogen functional groups attached to an aromatic ring is 1. The average Bonchev–Trinajstić information content (AvgIpc) is 2.43. The molecule has 20 heavy (non-hydrogen) atoms. The third-order valence-electron chi connectivity index (χ3n) is 2.61. The molecule has 0 aliphatic carbocycles. The molecular weight excluding hydrogens is 299 g/mol. The number of hydrogen-bond acceptors (Lipinski definition) is 4. The van der Waals surface area contributed by atoms with E-state index in [1.165, 1.54) is 49.1 Å². The van der Waals surface area contributed by atoms with Crippen molar-refractivity contribution in [2.24, 2.45) is 0 Å². The number of nitrogens with one attached hydrogen (secondary N) is 1. The largest absolute Gasteiger partial charge is 0.398 e. The first kappa shape index (κ1) is 14.8. The van der Waals surface area contributed by atoms with E-state index in [1.807, 2.05) is 0 Å². The van der Waals surface area contributed by atoms with Gasteiger partial charge in [-0.3, -0.25) is 0 Å². The summed E-state index contributed by atoms with van der Waals surface area (Å²) in [6.45, 7) is 0. The Bertz CT molecular complexity index is 716. The van der Waals surface area contributed by atoms with Gasteiger partial charge in [0.25, 0.3) is 0 Å². The zero-order chi connectivity index (χ0) is 14.8. The monoisotopic (exact) mass is 312 g/mol. The molecule has 106 valence electrons. The molecule has 0 heterocycles. The molecule has 2 rings (SSSR count). The van der Waals surface area contributed by atoms with Crippen molar-refractivity contribution in [2.75, 3.05) is 12.8 Å². The summed E-state index contributed by atoms with van der Waals surface area (Å²) >= 11 is 1.28. The van der Waals surface area contributed by atoms with Crippen molar-refractivity contribution in [1.82, 2.24) is 4.72 Å². The van der Waals surface area contributed by atoms with Gasteiger partial charge in [0.2, 0.25) is 10.0 Å². The third kappa shape index (κ3) is 3.30. The van der Waals surface area contributed by atoms with Gasteiger partial charge in [0, 0.05) is 15.5 Å². The summed E-state index contributed by atoms with van der Waals surface area (Å²) in [6, 6.07) is 10.4. The smallest absolute Gasteiger partial charge is 0.240 e. The van der Waals surface area contributed by atoms with Crippen LogP contribution in [0.2, 0.25) is 0 Å². The first-order chi connectivity index (χ1) is 9.42. The van der Waals surface area contributed by atoms with Gasteiger partial charge in [0.05, 0.1) is 4.90 Å². The van der Waals surface area contributed by atoms with Crippen LogP contribution in [0.25, 0.3) is 0 Å². The van der Waals surface area contributed by atoms with Crippen molar-refractivity contribution < 1.29 is 12.8 Å². The van der Waals surface area contributed by atoms with E-state index >= 15 is 0 Å². The molecule has 0 fully saturated rings. The Kier molecular flexibility index (Phi) is 4.32. The average molecular weight is 312 g/mol. The standard InChI is InChI=1S/C13H13FN2O2S2/c1-16-20(17,18)11-6-7-12(15)13(8-11)19-10-4-2-9(14)3-5-10/h2-8,16H,15H2,1H3. The summed E-state index contributed by atoms with van der Waals surface area (Å²) in [7, 11) is -2.17. The lowest BCUT2D eigenvalue weighted by atomic mass is 10.3. The lowest BCUT2D eigenvalue weighted by Crippen LogP contribution is -2.18. The van der Waals surface area contributed by atoms with Crippen molar-refractivity contribution >= 4 is 27.5 Å². The van der Waals surface area contributed by atoms with Gasteiger partial charge in [0.15, 0.2) is 0 Å². The normalized spacial score (nSPS) is 11.5. The molecule has 0 bridgehead atoms. The van der Waals surface area contributed by atoms with Crippen molar-refractivity contribution in [3.05, 3.63) is 48.3 Å². The van der Waals surface area contributed by atoms with Crippen molar-refractivity contribution in [1.29, 1.82) is 0 Å². The predicted molar refractivity (Wildman–Crippen MR) is 77.6 cm³/mol. The highest BCUT2D eigenvalue weighted by Gasteiger charge is 2.13. The van der Waals surface area contributed by atoms with Gasteiger partial charge < -0.3 is 5.73 Å². The van der Waals surface area contributed by atoms with Gasteiger partial charge in [-0.05, 0) is 49.5 Å². The molecule has 0 saturated carbocycles. The second kappa shape index (κ2) is 5.82. The van der Waals surface area contributed by atoms with Crippen molar-refractivity contribution in [2.45, 2.75) is 14.7 Å². The van der Waals surface area contributed by atoms with Crippen LogP contribution >= 0.6 is 11.8 Å². The minimum Gasteiger partial charge on any atom is -0.398 e. The second-order valence-electron chi connectivity index (χ2n) is 3.96. The fraction of sp³-hybridized carbons (Fsp3) is 0.0769. The predicted octanol–water partition coefficient (Wildman–Crippen LogP) is 2.47. The molecule has 0 radical (unpaired) electrons. The summed E-state index contributed by atoms with van der Waals surface area (Å²) in [5.41, 5.74) is 6.31. The Hall–Kier alpha value is -1.57. The van der Waals surface area contributed by atoms with Crippen LogP contribution in [0.3, 0.4) is 0 Å². The fourth-order valence-electron chi connectivity index (χ4n) is 1.52. The van der Waals surface area contributed by atoms with E-state index in [2.05, 4.69) is 4.72 Å². The Balaban J connectivity index is 2.36. The topological polar surface area (TPSA) is 72.2 Å². The van der Waals surface area contributed by atoms with Crippen LogP contribution in [-0.4, -0.2) is 15.5 Å². The number of nitrogens with two attached hydrogens (primary N) is 1. The van der Waals surface area contributed by atoms with E-state index in [1.54, 1.807) is 12.1 Å². The summed E-state index contributed by atoms with van der Waals surface area (Å²) < 4.78 is 38.6. The van der Waals surface area contributed by atoms with Crippen LogP contribution < -0.4 is 10.5 Å². The van der Waals surface area contributed by atoms with Crippen molar-refractivity contribution in [3.63, 3.8) is 0 Å². The first-order valence-corrected chi connectivity index (χ1v) is 7.99. The molecule has 0 aliphatic heterocycles. The van der Waals surface area contributed by atoms with Gasteiger partial charge in [-0.2, -0.15) is 0 Å². The molecule has 0 aliphatic rings. The molecule has 7 heteroatoms. The van der Waals surface area contributed by atoms with Crippen LogP contribution in [0.5, 0.6) is 0 Å². The van der Waals surface area contributed by atoms with Gasteiger partial charge in [-0.15, -0.1) is 0 Å². The summed E-state index contributed by atoms with van der Waals surface area (Å²) in [5.74, 6) is -0.325. The van der Waals surface area contributed by atoms with Gasteiger partial charge >= 0.3 is 0 Å². The zero-order valence-corrected chi connectivity index (χ0v) is 12.3.